The molecule has 4 heterocycles. The molecule has 3 saturated heterocycles. The molecule has 8 heteroatoms. The number of anilines is 2. The largest absolute Gasteiger partial charge is 0.495 e. The Morgan fingerprint density at radius 2 is 1.86 bits per heavy atom. The number of nitrogens with zero attached hydrogens (tertiary/aromatic N) is 5. The van der Waals surface area contributed by atoms with E-state index in [1.807, 2.05) is 17.0 Å². The minimum Gasteiger partial charge on any atom is -0.495 e. The third-order valence-corrected chi connectivity index (χ3v) is 7.99. The van der Waals surface area contributed by atoms with Crippen LogP contribution >= 0.6 is 0 Å². The zero-order valence-corrected chi connectivity index (χ0v) is 22.6. The fraction of sp³-hybridized carbons (Fsp3) is 0.655. The standard InChI is InChI=1S/C29H41FN6O/c1-21(2)35-16-10-24(11-17-35)31-28-25-19-27(37-3)22(8-4-5-12-34-13-6-7-14-34)18-26(25)32-29(33-28)36-15-9-23(30)20-36/h18-19,21,23-24H,5-7,9-17,20H2,1-3H3,(H,31,32,33). The molecule has 37 heavy (non-hydrogen) atoms. The molecule has 0 saturated carbocycles. The molecule has 1 unspecified atom stereocenters. The van der Waals surface area contributed by atoms with Gasteiger partial charge in [-0.1, -0.05) is 11.8 Å². The van der Waals surface area contributed by atoms with Gasteiger partial charge in [-0.25, -0.2) is 9.37 Å². The van der Waals surface area contributed by atoms with E-state index >= 15 is 0 Å². The predicted molar refractivity (Wildman–Crippen MR) is 148 cm³/mol. The van der Waals surface area contributed by atoms with Gasteiger partial charge in [0.2, 0.25) is 5.95 Å². The second-order valence-corrected chi connectivity index (χ2v) is 10.9. The van der Waals surface area contributed by atoms with Gasteiger partial charge >= 0.3 is 0 Å². The predicted octanol–water partition coefficient (Wildman–Crippen LogP) is 4.31. The van der Waals surface area contributed by atoms with E-state index in [-0.39, 0.29) is 0 Å². The Labute approximate surface area is 220 Å². The van der Waals surface area contributed by atoms with Gasteiger partial charge in [-0.05, 0) is 71.2 Å². The van der Waals surface area contributed by atoms with Crippen LogP contribution in [0.3, 0.4) is 0 Å². The Bertz CT molecular complexity index is 1130. The van der Waals surface area contributed by atoms with Crippen molar-refractivity contribution in [2.45, 2.75) is 70.6 Å². The average Bonchev–Trinajstić information content (AvgIpc) is 3.58. The highest BCUT2D eigenvalue weighted by Gasteiger charge is 2.27. The number of hydrogen-bond donors (Lipinski definition) is 1. The molecule has 1 N–H and O–H groups in total. The quantitative estimate of drug-likeness (QED) is 0.560. The lowest BCUT2D eigenvalue weighted by atomic mass is 10.0. The van der Waals surface area contributed by atoms with Crippen LogP contribution < -0.4 is 15.0 Å². The number of methoxy groups -OCH3 is 1. The lowest BCUT2D eigenvalue weighted by Gasteiger charge is -2.35. The van der Waals surface area contributed by atoms with E-state index < -0.39 is 6.17 Å². The second-order valence-electron chi connectivity index (χ2n) is 10.9. The smallest absolute Gasteiger partial charge is 0.227 e. The van der Waals surface area contributed by atoms with Crippen molar-refractivity contribution in [3.63, 3.8) is 0 Å². The highest BCUT2D eigenvalue weighted by molar-refractivity contribution is 5.93. The monoisotopic (exact) mass is 508 g/mol. The molecule has 1 atom stereocenters. The molecule has 0 spiro atoms. The summed E-state index contributed by atoms with van der Waals surface area (Å²) in [5.41, 5.74) is 1.65. The Morgan fingerprint density at radius 3 is 2.54 bits per heavy atom. The van der Waals surface area contributed by atoms with Gasteiger partial charge < -0.3 is 24.8 Å². The molecule has 7 nitrogen and oxygen atoms in total. The number of piperidine rings is 1. The van der Waals surface area contributed by atoms with E-state index in [1.54, 1.807) is 7.11 Å². The molecule has 3 fully saturated rings. The average molecular weight is 509 g/mol. The van der Waals surface area contributed by atoms with Crippen LogP contribution in [0.5, 0.6) is 5.75 Å². The third-order valence-electron chi connectivity index (χ3n) is 7.99. The molecular formula is C29H41FN6O. The van der Waals surface area contributed by atoms with E-state index in [9.17, 15) is 4.39 Å². The van der Waals surface area contributed by atoms with Crippen LogP contribution in [-0.2, 0) is 0 Å². The van der Waals surface area contributed by atoms with E-state index in [1.165, 1.54) is 25.9 Å². The zero-order chi connectivity index (χ0) is 25.8. The van der Waals surface area contributed by atoms with Crippen molar-refractivity contribution >= 4 is 22.7 Å². The number of likely N-dealkylation sites (tertiary alicyclic amines) is 2. The number of nitrogens with one attached hydrogen (secondary N) is 1. The first-order chi connectivity index (χ1) is 18.0. The Hall–Kier alpha value is -2.63. The van der Waals surface area contributed by atoms with Crippen LogP contribution in [0, 0.1) is 11.8 Å². The molecule has 1 aromatic heterocycles. The maximum absolute atomic E-state index is 14.0. The number of benzene rings is 1. The van der Waals surface area contributed by atoms with E-state index in [0.29, 0.717) is 37.5 Å². The SMILES string of the molecule is COc1cc2c(NC3CCN(C(C)C)CC3)nc(N3CCC(F)C3)nc2cc1C#CCCN1CCCC1. The first-order valence-electron chi connectivity index (χ1n) is 14.0. The Morgan fingerprint density at radius 1 is 1.08 bits per heavy atom. The van der Waals surface area contributed by atoms with Gasteiger partial charge in [-0.3, -0.25) is 0 Å². The molecule has 0 aliphatic carbocycles. The van der Waals surface area contributed by atoms with Crippen LogP contribution in [0.4, 0.5) is 16.2 Å². The number of rotatable bonds is 7. The van der Waals surface area contributed by atoms with Gasteiger partial charge in [-0.2, -0.15) is 4.98 Å². The van der Waals surface area contributed by atoms with Crippen LogP contribution in [0.2, 0.25) is 0 Å². The highest BCUT2D eigenvalue weighted by atomic mass is 19.1. The van der Waals surface area contributed by atoms with Crippen LogP contribution in [0.15, 0.2) is 12.1 Å². The van der Waals surface area contributed by atoms with Gasteiger partial charge in [0.15, 0.2) is 0 Å². The lowest BCUT2D eigenvalue weighted by Crippen LogP contribution is -2.42. The number of hydrogen-bond acceptors (Lipinski definition) is 7. The van der Waals surface area contributed by atoms with Gasteiger partial charge in [0.25, 0.3) is 0 Å². The summed E-state index contributed by atoms with van der Waals surface area (Å²) in [5, 5.41) is 4.64. The molecule has 5 rings (SSSR count). The van der Waals surface area contributed by atoms with Crippen molar-refractivity contribution in [3.05, 3.63) is 17.7 Å². The number of halogens is 1. The maximum Gasteiger partial charge on any atom is 0.227 e. The molecule has 2 aromatic rings. The van der Waals surface area contributed by atoms with Crippen molar-refractivity contribution < 1.29 is 9.13 Å². The van der Waals surface area contributed by atoms with E-state index in [4.69, 9.17) is 14.7 Å². The lowest BCUT2D eigenvalue weighted by molar-refractivity contribution is 0.177. The molecule has 0 amide bonds. The van der Waals surface area contributed by atoms with Gasteiger partial charge in [0.05, 0.1) is 24.7 Å². The summed E-state index contributed by atoms with van der Waals surface area (Å²) in [5.74, 6) is 8.80. The summed E-state index contributed by atoms with van der Waals surface area (Å²) in [7, 11) is 1.69. The fourth-order valence-corrected chi connectivity index (χ4v) is 5.69. The Kier molecular flexibility index (Phi) is 8.31. The molecule has 3 aliphatic rings. The maximum atomic E-state index is 14.0. The minimum atomic E-state index is -0.830. The number of ether oxygens (including phenoxy) is 1. The first kappa shape index (κ1) is 26.0. The van der Waals surface area contributed by atoms with Crippen LogP contribution in [0.25, 0.3) is 10.9 Å². The van der Waals surface area contributed by atoms with E-state index in [0.717, 1.165) is 66.9 Å². The molecule has 1 aromatic carbocycles. The number of aromatic nitrogens is 2. The van der Waals surface area contributed by atoms with Crippen molar-refractivity contribution in [1.29, 1.82) is 0 Å². The highest BCUT2D eigenvalue weighted by Crippen LogP contribution is 2.32. The van der Waals surface area contributed by atoms with Crippen LogP contribution in [0.1, 0.15) is 57.9 Å². The Balaban J connectivity index is 1.43. The zero-order valence-electron chi connectivity index (χ0n) is 22.6. The van der Waals surface area contributed by atoms with Crippen molar-refractivity contribution in [3.8, 4) is 17.6 Å². The fourth-order valence-electron chi connectivity index (χ4n) is 5.69. The van der Waals surface area contributed by atoms with Crippen molar-refractivity contribution in [1.82, 2.24) is 19.8 Å². The molecule has 0 bridgehead atoms. The number of alkyl halides is 1. The summed E-state index contributed by atoms with van der Waals surface area (Å²) in [6.45, 7) is 11.0. The summed E-state index contributed by atoms with van der Waals surface area (Å²) in [4.78, 5) is 16.7. The van der Waals surface area contributed by atoms with Gasteiger partial charge in [0, 0.05) is 50.1 Å². The summed E-state index contributed by atoms with van der Waals surface area (Å²) < 4.78 is 19.8. The molecule has 200 valence electrons. The molecule has 3 aliphatic heterocycles. The second kappa shape index (κ2) is 11.8. The van der Waals surface area contributed by atoms with Crippen LogP contribution in [-0.4, -0.2) is 90.9 Å². The third kappa shape index (κ3) is 6.27. The number of fused-ring (bicyclic) bond motifs is 1. The summed E-state index contributed by atoms with van der Waals surface area (Å²) >= 11 is 0. The summed E-state index contributed by atoms with van der Waals surface area (Å²) in [6, 6.07) is 4.93. The van der Waals surface area contributed by atoms with Gasteiger partial charge in [0.1, 0.15) is 17.7 Å². The van der Waals surface area contributed by atoms with Crippen molar-refractivity contribution in [2.24, 2.45) is 0 Å². The summed E-state index contributed by atoms with van der Waals surface area (Å²) in [6.07, 6.45) is 5.24. The molecular weight excluding hydrogens is 467 g/mol. The van der Waals surface area contributed by atoms with E-state index in [2.05, 4.69) is 40.8 Å². The normalized spacial score (nSPS) is 21.5. The first-order valence-corrected chi connectivity index (χ1v) is 14.0. The van der Waals surface area contributed by atoms with Gasteiger partial charge in [-0.15, -0.1) is 0 Å². The topological polar surface area (TPSA) is 56.8 Å². The molecule has 0 radical (unpaired) electrons. The minimum absolute atomic E-state index is 0.338. The van der Waals surface area contributed by atoms with Crippen molar-refractivity contribution in [2.75, 3.05) is 63.1 Å².